The summed E-state index contributed by atoms with van der Waals surface area (Å²) < 4.78 is 0. The third-order valence-corrected chi connectivity index (χ3v) is 3.65. The average molecular weight is 317 g/mol. The number of pyridine rings is 1. The molecule has 2 N–H and O–H groups in total. The highest BCUT2D eigenvalue weighted by atomic mass is 16.1. The van der Waals surface area contributed by atoms with E-state index in [1.54, 1.807) is 12.3 Å². The molecular formula is C20H19N3O. The minimum atomic E-state index is -0.222. The molecule has 0 unspecified atom stereocenters. The van der Waals surface area contributed by atoms with Crippen molar-refractivity contribution in [3.8, 4) is 0 Å². The van der Waals surface area contributed by atoms with Gasteiger partial charge in [0.25, 0.3) is 5.91 Å². The number of amides is 1. The highest BCUT2D eigenvalue weighted by Gasteiger charge is 2.07. The summed E-state index contributed by atoms with van der Waals surface area (Å²) in [5.41, 5.74) is 5.32. The minimum absolute atomic E-state index is 0.222. The number of carbonyl (C=O) groups excluding carboxylic acids is 1. The highest BCUT2D eigenvalue weighted by molar-refractivity contribution is 6.02. The van der Waals surface area contributed by atoms with E-state index in [0.29, 0.717) is 5.69 Å². The normalized spacial score (nSPS) is 10.2. The Morgan fingerprint density at radius 1 is 0.750 bits per heavy atom. The molecule has 0 saturated heterocycles. The van der Waals surface area contributed by atoms with Gasteiger partial charge in [0.2, 0.25) is 0 Å². The molecule has 1 heterocycles. The smallest absolute Gasteiger partial charge is 0.274 e. The third-order valence-electron chi connectivity index (χ3n) is 3.65. The molecule has 4 heteroatoms. The summed E-state index contributed by atoms with van der Waals surface area (Å²) in [5.74, 6) is -0.222. The number of aromatic nitrogens is 1. The van der Waals surface area contributed by atoms with E-state index in [4.69, 9.17) is 0 Å². The second-order valence-electron chi connectivity index (χ2n) is 5.74. The Kier molecular flexibility index (Phi) is 4.57. The van der Waals surface area contributed by atoms with E-state index < -0.39 is 0 Å². The Balaban J connectivity index is 1.66. The lowest BCUT2D eigenvalue weighted by Gasteiger charge is -2.08. The first kappa shape index (κ1) is 15.7. The molecule has 0 fully saturated rings. The number of hydrogen-bond acceptors (Lipinski definition) is 3. The van der Waals surface area contributed by atoms with Crippen LogP contribution in [0.2, 0.25) is 0 Å². The summed E-state index contributed by atoms with van der Waals surface area (Å²) >= 11 is 0. The molecule has 1 amide bonds. The summed E-state index contributed by atoms with van der Waals surface area (Å²) in [6, 6.07) is 19.3. The zero-order valence-electron chi connectivity index (χ0n) is 13.7. The molecule has 4 nitrogen and oxygen atoms in total. The van der Waals surface area contributed by atoms with Crippen LogP contribution in [-0.4, -0.2) is 10.9 Å². The topological polar surface area (TPSA) is 54.0 Å². The Morgan fingerprint density at radius 3 is 1.83 bits per heavy atom. The van der Waals surface area contributed by atoms with Crippen LogP contribution in [0.1, 0.15) is 21.6 Å². The van der Waals surface area contributed by atoms with E-state index in [0.717, 1.165) is 22.6 Å². The standard InChI is InChI=1S/C20H19N3O/c1-14-3-7-16(8-4-14)22-18-11-12-19(21-13-18)20(24)23-17-9-5-15(2)6-10-17/h3-13,22H,1-2H3,(H,23,24). The number of nitrogens with one attached hydrogen (secondary N) is 2. The van der Waals surface area contributed by atoms with Gasteiger partial charge in [-0.05, 0) is 50.2 Å². The molecule has 2 aromatic carbocycles. The molecule has 1 aromatic heterocycles. The summed E-state index contributed by atoms with van der Waals surface area (Å²) in [6.07, 6.45) is 1.66. The molecule has 120 valence electrons. The lowest BCUT2D eigenvalue weighted by molar-refractivity contribution is 0.102. The zero-order chi connectivity index (χ0) is 16.9. The highest BCUT2D eigenvalue weighted by Crippen LogP contribution is 2.17. The van der Waals surface area contributed by atoms with Gasteiger partial charge in [-0.25, -0.2) is 4.98 Å². The fourth-order valence-corrected chi connectivity index (χ4v) is 2.24. The molecule has 3 aromatic rings. The van der Waals surface area contributed by atoms with Crippen LogP contribution in [0.5, 0.6) is 0 Å². The predicted octanol–water partition coefficient (Wildman–Crippen LogP) is 4.69. The van der Waals surface area contributed by atoms with E-state index >= 15 is 0 Å². The SMILES string of the molecule is Cc1ccc(NC(=O)c2ccc(Nc3ccc(C)cc3)cn2)cc1. The lowest BCUT2D eigenvalue weighted by atomic mass is 10.2. The van der Waals surface area contributed by atoms with Crippen LogP contribution in [0.15, 0.2) is 66.9 Å². The summed E-state index contributed by atoms with van der Waals surface area (Å²) in [7, 11) is 0. The number of rotatable bonds is 4. The molecule has 0 spiro atoms. The van der Waals surface area contributed by atoms with Crippen molar-refractivity contribution >= 4 is 23.0 Å². The van der Waals surface area contributed by atoms with E-state index in [1.165, 1.54) is 5.56 Å². The quantitative estimate of drug-likeness (QED) is 0.733. The van der Waals surface area contributed by atoms with Gasteiger partial charge in [-0.2, -0.15) is 0 Å². The average Bonchev–Trinajstić information content (AvgIpc) is 2.59. The number of hydrogen-bond donors (Lipinski definition) is 2. The van der Waals surface area contributed by atoms with Gasteiger partial charge in [0, 0.05) is 11.4 Å². The maximum Gasteiger partial charge on any atom is 0.274 e. The predicted molar refractivity (Wildman–Crippen MR) is 97.8 cm³/mol. The Bertz CT molecular complexity index is 822. The number of carbonyl (C=O) groups is 1. The van der Waals surface area contributed by atoms with Crippen molar-refractivity contribution in [1.82, 2.24) is 4.98 Å². The van der Waals surface area contributed by atoms with Gasteiger partial charge in [0.05, 0.1) is 11.9 Å². The molecular weight excluding hydrogens is 298 g/mol. The number of anilines is 3. The third kappa shape index (κ3) is 3.98. The van der Waals surface area contributed by atoms with Crippen LogP contribution in [0.3, 0.4) is 0 Å². The van der Waals surface area contributed by atoms with Gasteiger partial charge in [-0.3, -0.25) is 4.79 Å². The second kappa shape index (κ2) is 6.96. The van der Waals surface area contributed by atoms with Crippen molar-refractivity contribution in [2.45, 2.75) is 13.8 Å². The van der Waals surface area contributed by atoms with Gasteiger partial charge in [-0.1, -0.05) is 35.4 Å². The van der Waals surface area contributed by atoms with E-state index in [2.05, 4.69) is 15.6 Å². The van der Waals surface area contributed by atoms with Crippen LogP contribution >= 0.6 is 0 Å². The van der Waals surface area contributed by atoms with Crippen molar-refractivity contribution in [2.24, 2.45) is 0 Å². The van der Waals surface area contributed by atoms with Crippen molar-refractivity contribution in [3.05, 3.63) is 83.7 Å². The van der Waals surface area contributed by atoms with Gasteiger partial charge >= 0.3 is 0 Å². The summed E-state index contributed by atoms with van der Waals surface area (Å²) in [4.78, 5) is 16.4. The Hall–Kier alpha value is -3.14. The Labute approximate surface area is 141 Å². The summed E-state index contributed by atoms with van der Waals surface area (Å²) in [6.45, 7) is 4.06. The molecule has 0 aliphatic heterocycles. The summed E-state index contributed by atoms with van der Waals surface area (Å²) in [5, 5.41) is 6.10. The van der Waals surface area contributed by atoms with Crippen LogP contribution in [-0.2, 0) is 0 Å². The van der Waals surface area contributed by atoms with Crippen LogP contribution < -0.4 is 10.6 Å². The van der Waals surface area contributed by atoms with Crippen molar-refractivity contribution in [3.63, 3.8) is 0 Å². The minimum Gasteiger partial charge on any atom is -0.354 e. The fourth-order valence-electron chi connectivity index (χ4n) is 2.24. The van der Waals surface area contributed by atoms with Crippen molar-refractivity contribution in [2.75, 3.05) is 10.6 Å². The molecule has 0 bridgehead atoms. The molecule has 0 saturated carbocycles. The molecule has 0 aliphatic rings. The first-order valence-corrected chi connectivity index (χ1v) is 7.78. The van der Waals surface area contributed by atoms with Crippen LogP contribution in [0, 0.1) is 13.8 Å². The molecule has 3 rings (SSSR count). The van der Waals surface area contributed by atoms with E-state index in [1.807, 2.05) is 68.4 Å². The van der Waals surface area contributed by atoms with Crippen LogP contribution in [0.25, 0.3) is 0 Å². The maximum absolute atomic E-state index is 12.2. The molecule has 0 aliphatic carbocycles. The van der Waals surface area contributed by atoms with Gasteiger partial charge < -0.3 is 10.6 Å². The van der Waals surface area contributed by atoms with E-state index in [9.17, 15) is 4.79 Å². The first-order valence-electron chi connectivity index (χ1n) is 7.78. The van der Waals surface area contributed by atoms with Gasteiger partial charge in [-0.15, -0.1) is 0 Å². The zero-order valence-corrected chi connectivity index (χ0v) is 13.7. The number of benzene rings is 2. The van der Waals surface area contributed by atoms with Gasteiger partial charge in [0.15, 0.2) is 0 Å². The molecule has 0 radical (unpaired) electrons. The molecule has 0 atom stereocenters. The number of aryl methyl sites for hydroxylation is 2. The number of nitrogens with zero attached hydrogens (tertiary/aromatic N) is 1. The Morgan fingerprint density at radius 2 is 1.29 bits per heavy atom. The van der Waals surface area contributed by atoms with Crippen molar-refractivity contribution in [1.29, 1.82) is 0 Å². The van der Waals surface area contributed by atoms with Crippen molar-refractivity contribution < 1.29 is 4.79 Å². The fraction of sp³-hybridized carbons (Fsp3) is 0.100. The maximum atomic E-state index is 12.2. The molecule has 24 heavy (non-hydrogen) atoms. The second-order valence-corrected chi connectivity index (χ2v) is 5.74. The van der Waals surface area contributed by atoms with Gasteiger partial charge in [0.1, 0.15) is 5.69 Å². The first-order chi connectivity index (χ1) is 11.6. The largest absolute Gasteiger partial charge is 0.354 e. The van der Waals surface area contributed by atoms with Crippen LogP contribution in [0.4, 0.5) is 17.1 Å². The monoisotopic (exact) mass is 317 g/mol. The van der Waals surface area contributed by atoms with E-state index in [-0.39, 0.29) is 5.91 Å². The lowest BCUT2D eigenvalue weighted by Crippen LogP contribution is -2.13.